The van der Waals surface area contributed by atoms with E-state index in [1.165, 1.54) is 12.8 Å². The van der Waals surface area contributed by atoms with Gasteiger partial charge in [0, 0.05) is 22.9 Å². The summed E-state index contributed by atoms with van der Waals surface area (Å²) in [6.45, 7) is 6.53. The summed E-state index contributed by atoms with van der Waals surface area (Å²) in [5.41, 5.74) is 1.31. The van der Waals surface area contributed by atoms with Crippen LogP contribution in [0.3, 0.4) is 0 Å². The zero-order valence-electron chi connectivity index (χ0n) is 19.7. The van der Waals surface area contributed by atoms with E-state index in [4.69, 9.17) is 13.9 Å². The monoisotopic (exact) mass is 465 g/mol. The smallest absolute Gasteiger partial charge is 0.232 e. The molecule has 1 N–H and O–H groups in total. The number of amides is 1. The van der Waals surface area contributed by atoms with Crippen molar-refractivity contribution in [1.29, 1.82) is 0 Å². The number of aryl methyl sites for hydroxylation is 1. The number of aromatic nitrogens is 1. The number of oxazole rings is 1. The molecule has 1 amide bonds. The number of unbranched alkanes of at least 4 members (excludes halogenated alkanes) is 1. The Morgan fingerprint density at radius 2 is 1.91 bits per heavy atom. The van der Waals surface area contributed by atoms with Gasteiger partial charge in [0.25, 0.3) is 0 Å². The molecule has 1 aromatic carbocycles. The fourth-order valence-electron chi connectivity index (χ4n) is 3.17. The van der Waals surface area contributed by atoms with E-state index >= 15 is 0 Å². The van der Waals surface area contributed by atoms with Gasteiger partial charge in [-0.3, -0.25) is 9.00 Å². The molecular weight excluding hydrogens is 430 g/mol. The number of benzene rings is 1. The van der Waals surface area contributed by atoms with Crippen molar-refractivity contribution in [3.05, 3.63) is 29.7 Å². The van der Waals surface area contributed by atoms with Crippen molar-refractivity contribution >= 4 is 16.7 Å². The lowest BCUT2D eigenvalue weighted by Gasteiger charge is -2.15. The van der Waals surface area contributed by atoms with Crippen LogP contribution in [0.2, 0.25) is 0 Å². The van der Waals surface area contributed by atoms with Crippen LogP contribution in [-0.2, 0) is 21.3 Å². The minimum absolute atomic E-state index is 0.0519. The molecule has 0 aliphatic rings. The molecule has 32 heavy (non-hydrogen) atoms. The fraction of sp³-hybridized carbons (Fsp3) is 0.565. The summed E-state index contributed by atoms with van der Waals surface area (Å²) < 4.78 is 28.8. The van der Waals surface area contributed by atoms with Crippen molar-refractivity contribution in [1.82, 2.24) is 15.2 Å². The van der Waals surface area contributed by atoms with Crippen LogP contribution in [0.25, 0.3) is 11.5 Å². The van der Waals surface area contributed by atoms with Gasteiger partial charge in [-0.2, -0.15) is 0 Å². The van der Waals surface area contributed by atoms with Crippen LogP contribution in [0, 0.1) is 6.92 Å². The first-order valence-corrected chi connectivity index (χ1v) is 12.4. The molecule has 0 fully saturated rings. The highest BCUT2D eigenvalue weighted by atomic mass is 32.2. The summed E-state index contributed by atoms with van der Waals surface area (Å²) in [7, 11) is 3.85. The summed E-state index contributed by atoms with van der Waals surface area (Å²) in [4.78, 5) is 18.9. The molecule has 9 heteroatoms. The van der Waals surface area contributed by atoms with E-state index in [9.17, 15) is 9.00 Å². The maximum atomic E-state index is 12.5. The lowest BCUT2D eigenvalue weighted by molar-refractivity contribution is -0.118. The number of nitrogens with zero attached hydrogens (tertiary/aromatic N) is 2. The number of ether oxygens (including phenoxy) is 2. The molecule has 0 bridgehead atoms. The predicted octanol–water partition coefficient (Wildman–Crippen LogP) is 3.15. The maximum Gasteiger partial charge on any atom is 0.232 e. The zero-order chi connectivity index (χ0) is 23.5. The maximum absolute atomic E-state index is 12.5. The molecular formula is C23H35N3O5S. The molecule has 0 spiro atoms. The second kappa shape index (κ2) is 13.2. The Morgan fingerprint density at radius 1 is 1.19 bits per heavy atom. The second-order valence-corrected chi connectivity index (χ2v) is 9.14. The third-order valence-corrected chi connectivity index (χ3v) is 6.22. The van der Waals surface area contributed by atoms with Gasteiger partial charge < -0.3 is 24.1 Å². The van der Waals surface area contributed by atoms with Crippen LogP contribution in [0.1, 0.15) is 37.6 Å². The van der Waals surface area contributed by atoms with E-state index in [1.54, 1.807) is 33.3 Å². The van der Waals surface area contributed by atoms with E-state index in [0.29, 0.717) is 35.4 Å². The molecule has 2 rings (SSSR count). The molecule has 1 aromatic heterocycles. The van der Waals surface area contributed by atoms with Crippen molar-refractivity contribution in [3.63, 3.8) is 0 Å². The van der Waals surface area contributed by atoms with Crippen molar-refractivity contribution in [2.75, 3.05) is 46.7 Å². The number of methoxy groups -OCH3 is 2. The molecule has 2 aromatic rings. The van der Waals surface area contributed by atoms with Gasteiger partial charge in [-0.1, -0.05) is 13.3 Å². The van der Waals surface area contributed by atoms with E-state index in [0.717, 1.165) is 25.1 Å². The van der Waals surface area contributed by atoms with Gasteiger partial charge in [0.05, 0.1) is 25.7 Å². The first-order chi connectivity index (χ1) is 15.4. The second-order valence-electron chi connectivity index (χ2n) is 7.68. The molecule has 0 radical (unpaired) electrons. The molecule has 1 heterocycles. The van der Waals surface area contributed by atoms with Gasteiger partial charge in [0.15, 0.2) is 11.5 Å². The van der Waals surface area contributed by atoms with Crippen LogP contribution in [0.5, 0.6) is 11.5 Å². The average molecular weight is 466 g/mol. The predicted molar refractivity (Wildman–Crippen MR) is 127 cm³/mol. The van der Waals surface area contributed by atoms with Gasteiger partial charge in [-0.15, -0.1) is 0 Å². The number of rotatable bonds is 14. The molecule has 0 aliphatic heterocycles. The molecule has 1 atom stereocenters. The third kappa shape index (κ3) is 7.94. The fourth-order valence-corrected chi connectivity index (χ4v) is 4.24. The number of carbonyl (C=O) groups excluding carboxylic acids is 1. The SMILES string of the molecule is CCCCN(C)CCCNC(=O)C[S@](=O)Cc1nc(-c2ccc(OC)c(OC)c2)oc1C. The lowest BCUT2D eigenvalue weighted by atomic mass is 10.2. The van der Waals surface area contributed by atoms with Gasteiger partial charge in [0.1, 0.15) is 11.5 Å². The topological polar surface area (TPSA) is 93.9 Å². The van der Waals surface area contributed by atoms with Gasteiger partial charge in [-0.05, 0) is 58.1 Å². The van der Waals surface area contributed by atoms with Crippen LogP contribution >= 0.6 is 0 Å². The van der Waals surface area contributed by atoms with Gasteiger partial charge in [-0.25, -0.2) is 4.98 Å². The summed E-state index contributed by atoms with van der Waals surface area (Å²) in [5.74, 6) is 2.07. The molecule has 8 nitrogen and oxygen atoms in total. The van der Waals surface area contributed by atoms with Crippen LogP contribution < -0.4 is 14.8 Å². The Kier molecular flexibility index (Phi) is 10.7. The zero-order valence-corrected chi connectivity index (χ0v) is 20.5. The van der Waals surface area contributed by atoms with Crippen molar-refractivity contribution < 1.29 is 22.9 Å². The largest absolute Gasteiger partial charge is 0.493 e. The average Bonchev–Trinajstić information content (AvgIpc) is 3.14. The number of carbonyl (C=O) groups is 1. The summed E-state index contributed by atoms with van der Waals surface area (Å²) >= 11 is 0. The highest BCUT2D eigenvalue weighted by Crippen LogP contribution is 2.32. The van der Waals surface area contributed by atoms with Crippen molar-refractivity contribution in [2.24, 2.45) is 0 Å². The Labute approximate surface area is 193 Å². The first-order valence-electron chi connectivity index (χ1n) is 10.9. The van der Waals surface area contributed by atoms with E-state index in [1.807, 2.05) is 6.07 Å². The lowest BCUT2D eigenvalue weighted by Crippen LogP contribution is -2.31. The number of hydrogen-bond acceptors (Lipinski definition) is 7. The Hall–Kier alpha value is -2.39. The van der Waals surface area contributed by atoms with E-state index < -0.39 is 10.8 Å². The molecule has 0 unspecified atom stereocenters. The molecule has 0 saturated heterocycles. The Morgan fingerprint density at radius 3 is 2.59 bits per heavy atom. The Bertz CT molecular complexity index is 900. The van der Waals surface area contributed by atoms with Gasteiger partial charge >= 0.3 is 0 Å². The number of nitrogens with one attached hydrogen (secondary N) is 1. The number of hydrogen-bond donors (Lipinski definition) is 1. The van der Waals surface area contributed by atoms with Crippen LogP contribution in [0.4, 0.5) is 0 Å². The molecule has 178 valence electrons. The minimum Gasteiger partial charge on any atom is -0.493 e. The van der Waals surface area contributed by atoms with Crippen molar-refractivity contribution in [2.45, 2.75) is 38.9 Å². The van der Waals surface area contributed by atoms with Crippen molar-refractivity contribution in [3.8, 4) is 23.0 Å². The van der Waals surface area contributed by atoms with Gasteiger partial charge in [0.2, 0.25) is 11.8 Å². The first kappa shape index (κ1) is 25.9. The Balaban J connectivity index is 1.85. The van der Waals surface area contributed by atoms with Crippen LogP contribution in [-0.4, -0.2) is 66.7 Å². The van der Waals surface area contributed by atoms with Crippen LogP contribution in [0.15, 0.2) is 22.6 Å². The molecule has 0 saturated carbocycles. The summed E-state index contributed by atoms with van der Waals surface area (Å²) in [6, 6.07) is 5.37. The highest BCUT2D eigenvalue weighted by Gasteiger charge is 2.17. The highest BCUT2D eigenvalue weighted by molar-refractivity contribution is 7.84. The van der Waals surface area contributed by atoms with E-state index in [-0.39, 0.29) is 17.4 Å². The normalized spacial score (nSPS) is 12.1. The quantitative estimate of drug-likeness (QED) is 0.428. The summed E-state index contributed by atoms with van der Waals surface area (Å²) in [5, 5.41) is 2.85. The third-order valence-electron chi connectivity index (χ3n) is 5.05. The summed E-state index contributed by atoms with van der Waals surface area (Å²) in [6.07, 6.45) is 3.22. The minimum atomic E-state index is -1.37. The van der Waals surface area contributed by atoms with E-state index in [2.05, 4.69) is 29.2 Å². The molecule has 0 aliphatic carbocycles. The standard InChI is InChI=1S/C23H35N3O5S/c1-6-7-12-26(3)13-8-11-24-22(27)16-32(28)15-19-17(2)31-23(25-19)18-9-10-20(29-4)21(14-18)30-5/h9-10,14H,6-8,11-13,15-16H2,1-5H3,(H,24,27)/t32-/m1/s1.